The van der Waals surface area contributed by atoms with Crippen molar-refractivity contribution < 1.29 is 34.4 Å². The highest BCUT2D eigenvalue weighted by Crippen LogP contribution is 2.39. The molecule has 33 heavy (non-hydrogen) atoms. The number of aliphatic hydroxyl groups is 1. The summed E-state index contributed by atoms with van der Waals surface area (Å²) in [7, 11) is 0. The third kappa shape index (κ3) is 5.02. The number of aliphatic carboxylic acids is 1. The largest absolute Gasteiger partial charge is 0.493 e. The van der Waals surface area contributed by atoms with Crippen molar-refractivity contribution in [3.63, 3.8) is 0 Å². The van der Waals surface area contributed by atoms with E-state index in [1.165, 1.54) is 12.3 Å². The number of anilines is 2. The van der Waals surface area contributed by atoms with Crippen molar-refractivity contribution in [3.05, 3.63) is 56.0 Å². The number of aromatic nitrogens is 2. The van der Waals surface area contributed by atoms with Gasteiger partial charge in [0.15, 0.2) is 5.13 Å². The Kier molecular flexibility index (Phi) is 7.10. The predicted molar refractivity (Wildman–Crippen MR) is 119 cm³/mol. The summed E-state index contributed by atoms with van der Waals surface area (Å²) >= 11 is 1.14. The van der Waals surface area contributed by atoms with Crippen LogP contribution in [0.4, 0.5) is 15.6 Å². The fourth-order valence-corrected chi connectivity index (χ4v) is 4.46. The predicted octanol–water partition coefficient (Wildman–Crippen LogP) is 1.60. The Balaban J connectivity index is 1.95. The molecule has 0 aliphatic carbocycles. The quantitative estimate of drug-likeness (QED) is 0.291. The van der Waals surface area contributed by atoms with Crippen LogP contribution in [0.15, 0.2) is 40.5 Å². The Hall–Kier alpha value is -3.75. The number of benzene rings is 1. The fourth-order valence-electron chi connectivity index (χ4n) is 2.73. The molecule has 2 heterocycles. The lowest BCUT2D eigenvalue weighted by Crippen LogP contribution is -2.38. The van der Waals surface area contributed by atoms with Crippen LogP contribution in [0.2, 0.25) is 0 Å². The Morgan fingerprint density at radius 3 is 2.55 bits per heavy atom. The zero-order valence-corrected chi connectivity index (χ0v) is 18.6. The summed E-state index contributed by atoms with van der Waals surface area (Å²) in [5.74, 6) is -3.57. The first kappa shape index (κ1) is 23.9. The first-order valence-corrected chi connectivity index (χ1v) is 11.0. The Bertz CT molecular complexity index is 1240. The van der Waals surface area contributed by atoms with Crippen molar-refractivity contribution in [3.8, 4) is 5.88 Å². The first-order chi connectivity index (χ1) is 15.7. The van der Waals surface area contributed by atoms with Gasteiger partial charge in [0.25, 0.3) is 0 Å². The number of ether oxygens (including phenoxy) is 1. The SMILES string of the molecule is CCOC(=O)C(O)(c1csc(NC(=O)Nc2ccccc2)n1)c1sc(=O)n(CC(=O)O)c1O. The van der Waals surface area contributed by atoms with Gasteiger partial charge in [0.05, 0.1) is 6.61 Å². The van der Waals surface area contributed by atoms with E-state index in [2.05, 4.69) is 15.6 Å². The minimum atomic E-state index is -2.72. The lowest BCUT2D eigenvalue weighted by atomic mass is 9.99. The molecule has 1 unspecified atom stereocenters. The standard InChI is InChI=1S/C19H18N4O8S2/c1-2-31-15(27)19(30,13-14(26)23(8-12(24)25)18(29)33-13)11-9-32-17(21-11)22-16(28)20-10-6-4-3-5-7-10/h3-7,9,26,30H,2,8H2,1H3,(H,24,25)(H2,20,21,22,28). The Morgan fingerprint density at radius 2 is 1.91 bits per heavy atom. The number of para-hydroxylation sites is 1. The van der Waals surface area contributed by atoms with Crippen LogP contribution in [0.3, 0.4) is 0 Å². The normalized spacial score (nSPS) is 12.5. The summed E-state index contributed by atoms with van der Waals surface area (Å²) < 4.78 is 5.41. The maximum absolute atomic E-state index is 12.7. The molecule has 0 saturated carbocycles. The van der Waals surface area contributed by atoms with Crippen LogP contribution < -0.4 is 15.5 Å². The van der Waals surface area contributed by atoms with Gasteiger partial charge >= 0.3 is 22.8 Å². The van der Waals surface area contributed by atoms with Crippen LogP contribution in [0.5, 0.6) is 5.88 Å². The fraction of sp³-hybridized carbons (Fsp3) is 0.211. The molecule has 0 spiro atoms. The molecule has 0 radical (unpaired) electrons. The summed E-state index contributed by atoms with van der Waals surface area (Å²) in [6, 6.07) is 7.93. The zero-order valence-electron chi connectivity index (χ0n) is 17.0. The van der Waals surface area contributed by atoms with E-state index in [-0.39, 0.29) is 28.8 Å². The smallest absolute Gasteiger partial charge is 0.350 e. The third-order valence-corrected chi connectivity index (χ3v) is 6.02. The van der Waals surface area contributed by atoms with Gasteiger partial charge < -0.3 is 25.4 Å². The van der Waals surface area contributed by atoms with Crippen LogP contribution in [-0.2, 0) is 26.5 Å². The first-order valence-electron chi connectivity index (χ1n) is 9.30. The number of carbonyl (C=O) groups is 3. The van der Waals surface area contributed by atoms with E-state index in [0.29, 0.717) is 10.3 Å². The van der Waals surface area contributed by atoms with Gasteiger partial charge in [0.2, 0.25) is 11.5 Å². The lowest BCUT2D eigenvalue weighted by molar-refractivity contribution is -0.161. The summed E-state index contributed by atoms with van der Waals surface area (Å²) in [4.78, 5) is 50.7. The summed E-state index contributed by atoms with van der Waals surface area (Å²) in [5.41, 5.74) is -2.54. The number of amides is 2. The number of rotatable bonds is 8. The number of carboxylic acids is 1. The average molecular weight is 495 g/mol. The van der Waals surface area contributed by atoms with Gasteiger partial charge in [0.1, 0.15) is 17.1 Å². The molecule has 3 rings (SSSR count). The van der Waals surface area contributed by atoms with E-state index in [0.717, 1.165) is 11.3 Å². The van der Waals surface area contributed by atoms with E-state index in [4.69, 9.17) is 9.84 Å². The minimum Gasteiger partial charge on any atom is -0.493 e. The number of nitrogens with zero attached hydrogens (tertiary/aromatic N) is 2. The summed E-state index contributed by atoms with van der Waals surface area (Å²) in [6.45, 7) is 0.461. The van der Waals surface area contributed by atoms with E-state index in [1.54, 1.807) is 30.3 Å². The van der Waals surface area contributed by atoms with Crippen molar-refractivity contribution in [2.75, 3.05) is 17.2 Å². The molecule has 0 bridgehead atoms. The zero-order chi connectivity index (χ0) is 24.2. The minimum absolute atomic E-state index is 0.00189. The molecule has 14 heteroatoms. The molecule has 2 amide bonds. The van der Waals surface area contributed by atoms with Crippen molar-refractivity contribution in [2.45, 2.75) is 19.1 Å². The van der Waals surface area contributed by atoms with Crippen LogP contribution in [0.25, 0.3) is 0 Å². The molecule has 1 aromatic carbocycles. The van der Waals surface area contributed by atoms with Crippen LogP contribution in [0.1, 0.15) is 17.5 Å². The van der Waals surface area contributed by atoms with Crippen LogP contribution in [-0.4, -0.2) is 49.4 Å². The number of esters is 1. The number of carbonyl (C=O) groups excluding carboxylic acids is 2. The number of carboxylic acid groups (broad SMARTS) is 1. The molecule has 0 fully saturated rings. The third-order valence-electron chi connectivity index (χ3n) is 4.19. The van der Waals surface area contributed by atoms with E-state index >= 15 is 0 Å². The van der Waals surface area contributed by atoms with Gasteiger partial charge in [-0.15, -0.1) is 11.3 Å². The molecular weight excluding hydrogens is 476 g/mol. The average Bonchev–Trinajstić information content (AvgIpc) is 3.34. The molecule has 2 aromatic heterocycles. The number of thiazole rings is 2. The van der Waals surface area contributed by atoms with E-state index in [9.17, 15) is 29.4 Å². The second-order valence-corrected chi connectivity index (χ2v) is 8.23. The summed E-state index contributed by atoms with van der Waals surface area (Å²) in [6.07, 6.45) is 0. The number of nitrogens with one attached hydrogen (secondary N) is 2. The van der Waals surface area contributed by atoms with Gasteiger partial charge in [0, 0.05) is 11.1 Å². The molecule has 1 atom stereocenters. The number of urea groups is 1. The van der Waals surface area contributed by atoms with Crippen molar-refractivity contribution >= 4 is 51.5 Å². The number of hydrogen-bond acceptors (Lipinski definition) is 10. The van der Waals surface area contributed by atoms with Crippen molar-refractivity contribution in [1.29, 1.82) is 0 Å². The highest BCUT2D eigenvalue weighted by atomic mass is 32.1. The van der Waals surface area contributed by atoms with E-state index in [1.807, 2.05) is 0 Å². The molecule has 5 N–H and O–H groups in total. The van der Waals surface area contributed by atoms with Crippen LogP contribution in [0, 0.1) is 0 Å². The Labute approximate surface area is 193 Å². The Morgan fingerprint density at radius 1 is 1.21 bits per heavy atom. The molecular formula is C19H18N4O8S2. The molecule has 12 nitrogen and oxygen atoms in total. The monoisotopic (exact) mass is 494 g/mol. The van der Waals surface area contributed by atoms with Gasteiger partial charge in [-0.25, -0.2) is 14.6 Å². The maximum atomic E-state index is 12.7. The van der Waals surface area contributed by atoms with Crippen LogP contribution >= 0.6 is 22.7 Å². The van der Waals surface area contributed by atoms with Gasteiger partial charge in [-0.2, -0.15) is 0 Å². The molecule has 3 aromatic rings. The maximum Gasteiger partial charge on any atom is 0.350 e. The topological polar surface area (TPSA) is 180 Å². The highest BCUT2D eigenvalue weighted by Gasteiger charge is 2.48. The van der Waals surface area contributed by atoms with Crippen molar-refractivity contribution in [2.24, 2.45) is 0 Å². The van der Waals surface area contributed by atoms with Gasteiger partial charge in [-0.3, -0.25) is 19.5 Å². The van der Waals surface area contributed by atoms with Crippen molar-refractivity contribution in [1.82, 2.24) is 9.55 Å². The second-order valence-electron chi connectivity index (χ2n) is 6.41. The molecule has 174 valence electrons. The molecule has 0 aliphatic rings. The number of hydrogen-bond donors (Lipinski definition) is 5. The molecule has 0 saturated heterocycles. The van der Waals surface area contributed by atoms with Gasteiger partial charge in [-0.1, -0.05) is 29.5 Å². The number of aromatic hydroxyl groups is 1. The summed E-state index contributed by atoms with van der Waals surface area (Å²) in [5, 5.41) is 36.9. The molecule has 0 aliphatic heterocycles. The lowest BCUT2D eigenvalue weighted by Gasteiger charge is -2.22. The van der Waals surface area contributed by atoms with Gasteiger partial charge in [-0.05, 0) is 19.1 Å². The van der Waals surface area contributed by atoms with E-state index < -0.39 is 45.7 Å². The second kappa shape index (κ2) is 9.81. The highest BCUT2D eigenvalue weighted by molar-refractivity contribution is 7.14.